The minimum atomic E-state index is -1.92. The second-order valence-electron chi connectivity index (χ2n) is 15.6. The summed E-state index contributed by atoms with van der Waals surface area (Å²) in [7, 11) is -3.81. The zero-order valence-corrected chi connectivity index (χ0v) is 31.7. The summed E-state index contributed by atoms with van der Waals surface area (Å²) in [6.45, 7) is 22.3. The molecule has 3 rings (SSSR count). The molecule has 0 unspecified atom stereocenters. The van der Waals surface area contributed by atoms with E-state index in [1.165, 1.54) is 5.57 Å². The number of ether oxygens (including phenoxy) is 1. The minimum Gasteiger partial charge on any atom is -0.461 e. The molecular weight excluding hydrogens is 595 g/mol. The first-order valence-corrected chi connectivity index (χ1v) is 24.1. The number of esters is 1. The average Bonchev–Trinajstić information content (AvgIpc) is 2.93. The molecule has 0 saturated heterocycles. The number of hydrogen-bond acceptors (Lipinski definition) is 5. The van der Waals surface area contributed by atoms with Gasteiger partial charge in [0.25, 0.3) is 0 Å². The number of fused-ring (bicyclic) bond motifs is 1. The maximum atomic E-state index is 13.1. The summed E-state index contributed by atoms with van der Waals surface area (Å²) in [6, 6.07) is 10.0. The van der Waals surface area contributed by atoms with E-state index in [1.807, 2.05) is 44.2 Å². The van der Waals surface area contributed by atoms with Crippen molar-refractivity contribution in [2.24, 2.45) is 29.6 Å². The summed E-state index contributed by atoms with van der Waals surface area (Å²) in [5.74, 6) is 1.13. The predicted molar refractivity (Wildman–Crippen MR) is 190 cm³/mol. The fraction of sp³-hybridized carbons (Fsp3) is 0.676. The molecule has 0 spiro atoms. The van der Waals surface area contributed by atoms with E-state index in [9.17, 15) is 9.59 Å². The van der Waals surface area contributed by atoms with Gasteiger partial charge in [0.15, 0.2) is 16.6 Å². The molecule has 1 N–H and O–H groups in total. The number of carbonyl (C=O) groups is 2. The van der Waals surface area contributed by atoms with Crippen LogP contribution in [-0.2, 0) is 29.7 Å². The van der Waals surface area contributed by atoms with Crippen LogP contribution in [0.15, 0.2) is 54.1 Å². The van der Waals surface area contributed by atoms with Crippen LogP contribution in [0, 0.1) is 29.6 Å². The number of amides is 1. The topological polar surface area (TPSA) is 73.9 Å². The number of benzene rings is 1. The van der Waals surface area contributed by atoms with E-state index in [4.69, 9.17) is 13.6 Å². The second-order valence-corrected chi connectivity index (χ2v) is 24.5. The van der Waals surface area contributed by atoms with Gasteiger partial charge in [0.1, 0.15) is 6.10 Å². The third kappa shape index (κ3) is 12.6. The van der Waals surface area contributed by atoms with Crippen molar-refractivity contribution in [3.63, 3.8) is 0 Å². The quantitative estimate of drug-likeness (QED) is 0.143. The van der Waals surface area contributed by atoms with E-state index in [1.54, 1.807) is 0 Å². The average molecular weight is 656 g/mol. The number of allylic oxidation sites excluding steroid dienone is 3. The van der Waals surface area contributed by atoms with Crippen molar-refractivity contribution in [3.8, 4) is 0 Å². The molecular formula is C37H61NO5Si2. The van der Waals surface area contributed by atoms with E-state index in [0.717, 1.165) is 31.2 Å². The standard InChI is InChI=1S/C37H61NO5Si2/c1-11-27(3)37(40)41-34-22-26(2)21-30-18-17-28(4)33(36(30)34)20-19-31(42-44(5,6)7)23-32(43-45(8,9)10)24-35(39)38-25-29-15-13-12-14-16-29/h12-18,21,26-28,31-34,36H,11,19-20,22-25H2,1-10H3,(H,38,39)/t26-,27-,28-,31+,32+,33-,34-,36-/m0/s1. The van der Waals surface area contributed by atoms with Crippen LogP contribution < -0.4 is 5.32 Å². The predicted octanol–water partition coefficient (Wildman–Crippen LogP) is 8.67. The van der Waals surface area contributed by atoms with Gasteiger partial charge in [-0.25, -0.2) is 0 Å². The summed E-state index contributed by atoms with van der Waals surface area (Å²) < 4.78 is 19.8. The van der Waals surface area contributed by atoms with Gasteiger partial charge in [0.05, 0.1) is 18.4 Å². The van der Waals surface area contributed by atoms with Crippen molar-refractivity contribution in [2.75, 3.05) is 0 Å². The first-order valence-electron chi connectivity index (χ1n) is 17.3. The molecule has 0 fully saturated rings. The third-order valence-electron chi connectivity index (χ3n) is 9.01. The van der Waals surface area contributed by atoms with Gasteiger partial charge >= 0.3 is 5.97 Å². The molecule has 0 bridgehead atoms. The zero-order chi connectivity index (χ0) is 33.4. The van der Waals surface area contributed by atoms with E-state index >= 15 is 0 Å². The number of rotatable bonds is 16. The summed E-state index contributed by atoms with van der Waals surface area (Å²) in [6.07, 6.45) is 11.2. The fourth-order valence-corrected chi connectivity index (χ4v) is 9.19. The Labute approximate surface area is 276 Å². The molecule has 0 radical (unpaired) electrons. The molecule has 0 heterocycles. The summed E-state index contributed by atoms with van der Waals surface area (Å²) in [5.41, 5.74) is 2.40. The van der Waals surface area contributed by atoms with Crippen molar-refractivity contribution in [1.82, 2.24) is 5.32 Å². The minimum absolute atomic E-state index is 0.00546. The smallest absolute Gasteiger partial charge is 0.308 e. The Balaban J connectivity index is 1.77. The van der Waals surface area contributed by atoms with Crippen LogP contribution in [0.5, 0.6) is 0 Å². The molecule has 8 heteroatoms. The second kappa shape index (κ2) is 16.7. The lowest BCUT2D eigenvalue weighted by Crippen LogP contribution is -2.43. The molecule has 252 valence electrons. The molecule has 0 aliphatic heterocycles. The summed E-state index contributed by atoms with van der Waals surface area (Å²) in [4.78, 5) is 26.1. The van der Waals surface area contributed by atoms with Gasteiger partial charge in [-0.15, -0.1) is 0 Å². The summed E-state index contributed by atoms with van der Waals surface area (Å²) in [5, 5.41) is 3.10. The van der Waals surface area contributed by atoms with Gasteiger partial charge in [-0.2, -0.15) is 0 Å². The van der Waals surface area contributed by atoms with Crippen molar-refractivity contribution in [1.29, 1.82) is 0 Å². The Hall–Kier alpha value is -2.01. The van der Waals surface area contributed by atoms with Gasteiger partial charge in [-0.3, -0.25) is 9.59 Å². The van der Waals surface area contributed by atoms with Gasteiger partial charge in [-0.1, -0.05) is 76.3 Å². The lowest BCUT2D eigenvalue weighted by molar-refractivity contribution is -0.158. The zero-order valence-electron chi connectivity index (χ0n) is 29.7. The highest BCUT2D eigenvalue weighted by Gasteiger charge is 2.42. The Morgan fingerprint density at radius 2 is 1.62 bits per heavy atom. The Bertz CT molecular complexity index is 1160. The first kappa shape index (κ1) is 37.5. The van der Waals surface area contributed by atoms with E-state index < -0.39 is 16.6 Å². The third-order valence-corrected chi connectivity index (χ3v) is 11.1. The highest BCUT2D eigenvalue weighted by molar-refractivity contribution is 6.70. The maximum absolute atomic E-state index is 13.1. The van der Waals surface area contributed by atoms with Gasteiger partial charge < -0.3 is 18.9 Å². The molecule has 2 aliphatic rings. The van der Waals surface area contributed by atoms with Crippen molar-refractivity contribution < 1.29 is 23.2 Å². The lowest BCUT2D eigenvalue weighted by atomic mass is 9.65. The van der Waals surface area contributed by atoms with E-state index in [2.05, 4.69) is 76.7 Å². The van der Waals surface area contributed by atoms with Crippen LogP contribution in [0.3, 0.4) is 0 Å². The molecule has 2 aliphatic carbocycles. The Morgan fingerprint density at radius 3 is 2.24 bits per heavy atom. The van der Waals surface area contributed by atoms with E-state index in [0.29, 0.717) is 37.1 Å². The van der Waals surface area contributed by atoms with Crippen molar-refractivity contribution in [2.45, 2.75) is 130 Å². The van der Waals surface area contributed by atoms with Crippen molar-refractivity contribution >= 4 is 28.5 Å². The van der Waals surface area contributed by atoms with Crippen LogP contribution in [0.1, 0.15) is 71.8 Å². The molecule has 0 saturated carbocycles. The number of nitrogens with one attached hydrogen (secondary N) is 1. The number of hydrogen-bond donors (Lipinski definition) is 1. The summed E-state index contributed by atoms with van der Waals surface area (Å²) >= 11 is 0. The van der Waals surface area contributed by atoms with Crippen molar-refractivity contribution in [3.05, 3.63) is 59.7 Å². The van der Waals surface area contributed by atoms with Gasteiger partial charge in [-0.05, 0) is 100 Å². The number of carbonyl (C=O) groups excluding carboxylic acids is 2. The fourth-order valence-electron chi connectivity index (χ4n) is 6.80. The van der Waals surface area contributed by atoms with Crippen LogP contribution in [-0.4, -0.2) is 46.8 Å². The Kier molecular flexibility index (Phi) is 13.9. The maximum Gasteiger partial charge on any atom is 0.308 e. The van der Waals surface area contributed by atoms with Crippen LogP contribution in [0.25, 0.3) is 0 Å². The molecule has 1 amide bonds. The molecule has 8 atom stereocenters. The largest absolute Gasteiger partial charge is 0.461 e. The lowest BCUT2D eigenvalue weighted by Gasteiger charge is -2.43. The highest BCUT2D eigenvalue weighted by atomic mass is 28.4. The van der Waals surface area contributed by atoms with Gasteiger partial charge in [0.2, 0.25) is 5.91 Å². The van der Waals surface area contributed by atoms with Gasteiger partial charge in [0, 0.05) is 18.6 Å². The van der Waals surface area contributed by atoms with Crippen LogP contribution >= 0.6 is 0 Å². The molecule has 1 aromatic rings. The Morgan fingerprint density at radius 1 is 0.978 bits per heavy atom. The highest BCUT2D eigenvalue weighted by Crippen LogP contribution is 2.45. The monoisotopic (exact) mass is 655 g/mol. The van der Waals surface area contributed by atoms with Crippen LogP contribution in [0.4, 0.5) is 0 Å². The molecule has 45 heavy (non-hydrogen) atoms. The SMILES string of the molecule is CC[C@H](C)C(=O)O[C@H]1C[C@@H](C)C=C2C=C[C@H](C)[C@H](CC[C@H](C[C@H](CC(=O)NCc3ccccc3)O[Si](C)(C)C)O[Si](C)(C)C)[C@H]21. The molecule has 6 nitrogen and oxygen atoms in total. The van der Waals surface area contributed by atoms with E-state index in [-0.39, 0.29) is 42.0 Å². The molecule has 1 aromatic carbocycles. The normalized spacial score (nSPS) is 25.5. The molecule has 0 aromatic heterocycles. The first-order chi connectivity index (χ1) is 21.0. The van der Waals surface area contributed by atoms with Crippen LogP contribution in [0.2, 0.25) is 39.3 Å².